The molecule has 1 saturated carbocycles. The molecule has 2 heteroatoms. The van der Waals surface area contributed by atoms with Crippen LogP contribution in [0.5, 0.6) is 11.5 Å². The Kier molecular flexibility index (Phi) is 4.81. The Balaban J connectivity index is 1.61. The van der Waals surface area contributed by atoms with Crippen LogP contribution in [0.25, 0.3) is 43.6 Å². The number of aryl methyl sites for hydroxylation is 3. The van der Waals surface area contributed by atoms with Gasteiger partial charge in [-0.3, -0.25) is 0 Å². The van der Waals surface area contributed by atoms with Crippen molar-refractivity contribution in [1.82, 2.24) is 0 Å². The second-order valence-corrected chi connectivity index (χ2v) is 12.5. The van der Waals surface area contributed by atoms with Crippen LogP contribution in [0.15, 0.2) is 54.7 Å². The summed E-state index contributed by atoms with van der Waals surface area (Å²) < 4.78 is 9.34. The predicted molar refractivity (Wildman–Crippen MR) is 155 cm³/mol. The normalized spacial score (nSPS) is 15.5. The molecule has 0 radical (unpaired) electrons. The number of aromatic nitrogens is 1. The quantitative estimate of drug-likeness (QED) is 0.167. The average Bonchev–Trinajstić information content (AvgIpc) is 3.40. The van der Waals surface area contributed by atoms with Gasteiger partial charge in [0, 0.05) is 17.0 Å². The minimum atomic E-state index is -0.0677. The highest BCUT2D eigenvalue weighted by molar-refractivity contribution is 6.16. The lowest BCUT2D eigenvalue weighted by atomic mass is 9.78. The van der Waals surface area contributed by atoms with Gasteiger partial charge in [0.05, 0.1) is 10.9 Å². The molecule has 2 nitrogen and oxygen atoms in total. The first kappa shape index (κ1) is 22.8. The van der Waals surface area contributed by atoms with Crippen molar-refractivity contribution in [3.8, 4) is 22.8 Å². The standard InChI is InChI=1S/C35H36NO/c1-20-11-13-27-28(17-20)21(2)30-33-31-26(15-16-36(33)6)25-14-12-23(22-9-7-8-10-22)18-24(25)19-29(31)37-34(30)32(27)35(3,4)5/h11-19,22H,7-10H2,1-6H3/q+1. The molecule has 0 amide bonds. The van der Waals surface area contributed by atoms with Gasteiger partial charge in [0.15, 0.2) is 6.20 Å². The fraction of sp³-hybridized carbons (Fsp3) is 0.343. The molecule has 1 aromatic heterocycles. The van der Waals surface area contributed by atoms with Crippen molar-refractivity contribution in [3.05, 3.63) is 77.0 Å². The van der Waals surface area contributed by atoms with E-state index >= 15 is 0 Å². The topological polar surface area (TPSA) is 13.1 Å². The highest BCUT2D eigenvalue weighted by Crippen LogP contribution is 2.54. The molecule has 4 aromatic carbocycles. The van der Waals surface area contributed by atoms with Crippen LogP contribution < -0.4 is 9.30 Å². The lowest BCUT2D eigenvalue weighted by Gasteiger charge is -2.31. The van der Waals surface area contributed by atoms with Crippen molar-refractivity contribution in [2.24, 2.45) is 7.05 Å². The predicted octanol–water partition coefficient (Wildman–Crippen LogP) is 9.32. The highest BCUT2D eigenvalue weighted by atomic mass is 16.5. The molecule has 7 rings (SSSR count). The Morgan fingerprint density at radius 1 is 0.838 bits per heavy atom. The van der Waals surface area contributed by atoms with Gasteiger partial charge < -0.3 is 4.74 Å². The van der Waals surface area contributed by atoms with Gasteiger partial charge in [0.2, 0.25) is 5.69 Å². The molecular weight excluding hydrogens is 450 g/mol. The maximum Gasteiger partial charge on any atom is 0.228 e. The number of pyridine rings is 1. The molecule has 5 aromatic rings. The third-order valence-corrected chi connectivity index (χ3v) is 8.93. The van der Waals surface area contributed by atoms with Crippen molar-refractivity contribution < 1.29 is 9.30 Å². The van der Waals surface area contributed by atoms with Gasteiger partial charge in [-0.05, 0) is 76.8 Å². The van der Waals surface area contributed by atoms with Crippen molar-refractivity contribution >= 4 is 32.3 Å². The molecule has 2 aliphatic rings. The summed E-state index contributed by atoms with van der Waals surface area (Å²) in [6, 6.07) is 18.6. The summed E-state index contributed by atoms with van der Waals surface area (Å²) in [6.07, 6.45) is 7.58. The first-order chi connectivity index (χ1) is 17.7. The first-order valence-electron chi connectivity index (χ1n) is 13.9. The van der Waals surface area contributed by atoms with Crippen LogP contribution in [0.1, 0.15) is 74.6 Å². The monoisotopic (exact) mass is 486 g/mol. The summed E-state index contributed by atoms with van der Waals surface area (Å²) in [7, 11) is 2.18. The summed E-state index contributed by atoms with van der Waals surface area (Å²) in [5, 5.41) is 7.76. The van der Waals surface area contributed by atoms with Crippen LogP contribution in [-0.4, -0.2) is 0 Å². The van der Waals surface area contributed by atoms with E-state index in [-0.39, 0.29) is 5.41 Å². The summed E-state index contributed by atoms with van der Waals surface area (Å²) in [5.41, 5.74) is 7.81. The third kappa shape index (κ3) is 3.27. The number of hydrogen-bond donors (Lipinski definition) is 0. The molecule has 0 atom stereocenters. The Hall–Kier alpha value is -3.39. The van der Waals surface area contributed by atoms with Gasteiger partial charge in [0.1, 0.15) is 18.5 Å². The highest BCUT2D eigenvalue weighted by Gasteiger charge is 2.36. The molecule has 2 heterocycles. The Morgan fingerprint density at radius 2 is 1.59 bits per heavy atom. The number of rotatable bonds is 1. The Bertz CT molecular complexity index is 1760. The number of nitrogens with zero attached hydrogens (tertiary/aromatic N) is 1. The number of fused-ring (bicyclic) bond motifs is 5. The van der Waals surface area contributed by atoms with E-state index in [1.54, 1.807) is 0 Å². The summed E-state index contributed by atoms with van der Waals surface area (Å²) in [4.78, 5) is 0. The van der Waals surface area contributed by atoms with Crippen LogP contribution in [0, 0.1) is 13.8 Å². The smallest absolute Gasteiger partial charge is 0.228 e. The van der Waals surface area contributed by atoms with Gasteiger partial charge in [0.25, 0.3) is 0 Å². The fourth-order valence-electron chi connectivity index (χ4n) is 7.16. The minimum Gasteiger partial charge on any atom is -0.455 e. The zero-order chi connectivity index (χ0) is 25.6. The van der Waals surface area contributed by atoms with E-state index in [2.05, 4.69) is 101 Å². The average molecular weight is 487 g/mol. The zero-order valence-electron chi connectivity index (χ0n) is 23.0. The molecule has 0 N–H and O–H groups in total. The van der Waals surface area contributed by atoms with E-state index in [0.29, 0.717) is 5.92 Å². The lowest BCUT2D eigenvalue weighted by molar-refractivity contribution is -0.659. The van der Waals surface area contributed by atoms with Crippen LogP contribution in [0.2, 0.25) is 0 Å². The first-order valence-corrected chi connectivity index (χ1v) is 13.9. The van der Waals surface area contributed by atoms with E-state index in [1.165, 1.54) is 91.5 Å². The van der Waals surface area contributed by atoms with E-state index in [4.69, 9.17) is 4.74 Å². The second-order valence-electron chi connectivity index (χ2n) is 12.5. The van der Waals surface area contributed by atoms with Crippen molar-refractivity contribution in [2.75, 3.05) is 0 Å². The molecule has 0 unspecified atom stereocenters. The molecule has 1 aliphatic carbocycles. The van der Waals surface area contributed by atoms with Gasteiger partial charge in [-0.2, -0.15) is 0 Å². The summed E-state index contributed by atoms with van der Waals surface area (Å²) in [6.45, 7) is 11.4. The van der Waals surface area contributed by atoms with E-state index in [9.17, 15) is 0 Å². The van der Waals surface area contributed by atoms with Crippen LogP contribution in [0.4, 0.5) is 0 Å². The third-order valence-electron chi connectivity index (χ3n) is 8.93. The molecule has 37 heavy (non-hydrogen) atoms. The van der Waals surface area contributed by atoms with Gasteiger partial charge in [-0.25, -0.2) is 4.57 Å². The molecule has 0 spiro atoms. The molecule has 0 bridgehead atoms. The Morgan fingerprint density at radius 3 is 2.35 bits per heavy atom. The largest absolute Gasteiger partial charge is 0.455 e. The summed E-state index contributed by atoms with van der Waals surface area (Å²) in [5.74, 6) is 2.72. The van der Waals surface area contributed by atoms with Crippen molar-refractivity contribution in [1.29, 1.82) is 0 Å². The van der Waals surface area contributed by atoms with Crippen LogP contribution >= 0.6 is 0 Å². The van der Waals surface area contributed by atoms with E-state index in [0.717, 1.165) is 11.5 Å². The molecule has 186 valence electrons. The van der Waals surface area contributed by atoms with Gasteiger partial charge in [-0.1, -0.05) is 75.6 Å². The Labute approximate surface area is 219 Å². The molecule has 1 fully saturated rings. The fourth-order valence-corrected chi connectivity index (χ4v) is 7.16. The van der Waals surface area contributed by atoms with Gasteiger partial charge in [-0.15, -0.1) is 0 Å². The minimum absolute atomic E-state index is 0.0677. The number of ether oxygens (including phenoxy) is 1. The van der Waals surface area contributed by atoms with E-state index in [1.807, 2.05) is 0 Å². The van der Waals surface area contributed by atoms with Crippen molar-refractivity contribution in [3.63, 3.8) is 0 Å². The van der Waals surface area contributed by atoms with Crippen molar-refractivity contribution in [2.45, 2.75) is 71.6 Å². The van der Waals surface area contributed by atoms with Crippen LogP contribution in [0.3, 0.4) is 0 Å². The SMILES string of the molecule is Cc1ccc2c(C(C)(C)C)c3c(c(C)c2c1)-c1c2c(cc4cc(C5CCCC5)ccc4c2cc[n+]1C)O3. The number of benzene rings is 4. The maximum absolute atomic E-state index is 7.04. The second kappa shape index (κ2) is 7.81. The molecule has 1 aliphatic heterocycles. The summed E-state index contributed by atoms with van der Waals surface area (Å²) >= 11 is 0. The van der Waals surface area contributed by atoms with Crippen LogP contribution in [-0.2, 0) is 12.5 Å². The zero-order valence-corrected chi connectivity index (χ0v) is 23.0. The molecular formula is C35H36NO+. The lowest BCUT2D eigenvalue weighted by Crippen LogP contribution is -2.32. The molecule has 0 saturated heterocycles. The van der Waals surface area contributed by atoms with E-state index < -0.39 is 0 Å². The maximum atomic E-state index is 7.04. The number of hydrogen-bond acceptors (Lipinski definition) is 1. The van der Waals surface area contributed by atoms with Gasteiger partial charge >= 0.3 is 0 Å².